The van der Waals surface area contributed by atoms with E-state index in [1.807, 2.05) is 0 Å². The second-order valence-corrected chi connectivity index (χ2v) is 11.8. The third kappa shape index (κ3) is 7.68. The van der Waals surface area contributed by atoms with Crippen molar-refractivity contribution in [3.8, 4) is 5.75 Å². The van der Waals surface area contributed by atoms with E-state index in [0.717, 1.165) is 16.9 Å². The van der Waals surface area contributed by atoms with E-state index in [1.54, 1.807) is 27.0 Å². The third-order valence-corrected chi connectivity index (χ3v) is 6.75. The van der Waals surface area contributed by atoms with E-state index in [4.69, 9.17) is 13.8 Å². The van der Waals surface area contributed by atoms with Gasteiger partial charge in [0.05, 0.1) is 13.7 Å². The molecule has 0 radical (unpaired) electrons. The molecule has 0 amide bonds. The molecule has 1 rings (SSSR count). The number of ether oxygens (including phenoxy) is 1. The summed E-state index contributed by atoms with van der Waals surface area (Å²) in [6.07, 6.45) is 4.08. The van der Waals surface area contributed by atoms with Crippen LogP contribution in [0.25, 0.3) is 0 Å². The predicted molar refractivity (Wildman–Crippen MR) is 124 cm³/mol. The number of benzene rings is 1. The minimum atomic E-state index is -3.18. The molecule has 0 aliphatic rings. The molecule has 6 heteroatoms. The lowest BCUT2D eigenvalue weighted by molar-refractivity contribution is -0.116. The summed E-state index contributed by atoms with van der Waals surface area (Å²) in [5, 5.41) is 0. The van der Waals surface area contributed by atoms with E-state index < -0.39 is 7.60 Å². The first-order valence-electron chi connectivity index (χ1n) is 10.6. The summed E-state index contributed by atoms with van der Waals surface area (Å²) < 4.78 is 28.5. The van der Waals surface area contributed by atoms with Crippen molar-refractivity contribution in [2.24, 2.45) is 0 Å². The summed E-state index contributed by atoms with van der Waals surface area (Å²) in [7, 11) is -1.50. The Labute approximate surface area is 182 Å². The smallest absolute Gasteiger partial charge is 0.330 e. The van der Waals surface area contributed by atoms with Gasteiger partial charge in [-0.2, -0.15) is 0 Å². The van der Waals surface area contributed by atoms with Gasteiger partial charge in [-0.05, 0) is 41.4 Å². The van der Waals surface area contributed by atoms with Crippen LogP contribution in [0.1, 0.15) is 72.1 Å². The van der Waals surface area contributed by atoms with E-state index in [9.17, 15) is 9.36 Å². The maximum absolute atomic E-state index is 12.3. The minimum Gasteiger partial charge on any atom is -0.496 e. The molecule has 0 N–H and O–H groups in total. The molecule has 0 heterocycles. The van der Waals surface area contributed by atoms with Crippen LogP contribution in [-0.2, 0) is 35.7 Å². The number of methoxy groups -OCH3 is 1. The lowest BCUT2D eigenvalue weighted by atomic mass is 9.78. The van der Waals surface area contributed by atoms with Gasteiger partial charge in [-0.25, -0.2) is 0 Å². The maximum atomic E-state index is 12.3. The van der Waals surface area contributed by atoms with E-state index >= 15 is 0 Å². The first kappa shape index (κ1) is 26.6. The van der Waals surface area contributed by atoms with Gasteiger partial charge in [-0.3, -0.25) is 9.36 Å². The predicted octanol–water partition coefficient (Wildman–Crippen LogP) is 6.22. The van der Waals surface area contributed by atoms with Gasteiger partial charge in [-0.1, -0.05) is 66.7 Å². The quantitative estimate of drug-likeness (QED) is 0.320. The standard InChI is InChI=1S/C24H39O5P/c1-10-28-30(26,11-2)29-17-20(25)14-12-13-18-15-19(23(3,4)5)16-21(22(18)27-9)24(6,7)8/h12,14-16H,10-11,13,17H2,1-9H3. The normalized spacial score (nSPS) is 14.7. The van der Waals surface area contributed by atoms with Crippen molar-refractivity contribution in [1.29, 1.82) is 0 Å². The molecular formula is C24H39O5P. The van der Waals surface area contributed by atoms with Crippen LogP contribution in [0.4, 0.5) is 0 Å². The van der Waals surface area contributed by atoms with Crippen molar-refractivity contribution in [1.82, 2.24) is 0 Å². The Morgan fingerprint density at radius 1 is 1.03 bits per heavy atom. The Kier molecular flexibility index (Phi) is 9.53. The summed E-state index contributed by atoms with van der Waals surface area (Å²) >= 11 is 0. The highest BCUT2D eigenvalue weighted by Gasteiger charge is 2.25. The number of carbonyl (C=O) groups is 1. The molecule has 1 atom stereocenters. The van der Waals surface area contributed by atoms with E-state index in [0.29, 0.717) is 6.42 Å². The van der Waals surface area contributed by atoms with Crippen molar-refractivity contribution < 1.29 is 23.1 Å². The average molecular weight is 439 g/mol. The lowest BCUT2D eigenvalue weighted by Gasteiger charge is -2.28. The van der Waals surface area contributed by atoms with Gasteiger partial charge < -0.3 is 13.8 Å². The van der Waals surface area contributed by atoms with Gasteiger partial charge in [0.2, 0.25) is 0 Å². The zero-order valence-corrected chi connectivity index (χ0v) is 21.0. The third-order valence-electron chi connectivity index (χ3n) is 4.80. The molecule has 0 spiro atoms. The van der Waals surface area contributed by atoms with Crippen molar-refractivity contribution in [3.63, 3.8) is 0 Å². The molecular weight excluding hydrogens is 399 g/mol. The highest BCUT2D eigenvalue weighted by atomic mass is 31.2. The molecule has 0 fully saturated rings. The number of allylic oxidation sites excluding steroid dienone is 1. The van der Waals surface area contributed by atoms with Gasteiger partial charge in [-0.15, -0.1) is 0 Å². The molecule has 0 saturated carbocycles. The molecule has 1 unspecified atom stereocenters. The Morgan fingerprint density at radius 2 is 1.67 bits per heavy atom. The van der Waals surface area contributed by atoms with Crippen LogP contribution < -0.4 is 4.74 Å². The fourth-order valence-electron chi connectivity index (χ4n) is 3.02. The first-order chi connectivity index (χ1) is 13.8. The fraction of sp³-hybridized carbons (Fsp3) is 0.625. The molecule has 1 aromatic carbocycles. The Bertz CT molecular complexity index is 797. The van der Waals surface area contributed by atoms with Crippen LogP contribution in [0, 0.1) is 0 Å². The molecule has 0 bridgehead atoms. The average Bonchev–Trinajstić information content (AvgIpc) is 2.64. The first-order valence-corrected chi connectivity index (χ1v) is 12.3. The summed E-state index contributed by atoms with van der Waals surface area (Å²) in [5.74, 6) is 0.612. The van der Waals surface area contributed by atoms with Crippen molar-refractivity contribution in [2.45, 2.75) is 72.6 Å². The second-order valence-electron chi connectivity index (χ2n) is 9.41. The van der Waals surface area contributed by atoms with Gasteiger partial charge in [0, 0.05) is 11.7 Å². The largest absolute Gasteiger partial charge is 0.496 e. The van der Waals surface area contributed by atoms with Crippen molar-refractivity contribution >= 4 is 13.4 Å². The molecule has 5 nitrogen and oxygen atoms in total. The highest BCUT2D eigenvalue weighted by molar-refractivity contribution is 7.53. The van der Waals surface area contributed by atoms with Crippen molar-refractivity contribution in [3.05, 3.63) is 41.0 Å². The summed E-state index contributed by atoms with van der Waals surface area (Å²) in [6, 6.07) is 4.38. The monoisotopic (exact) mass is 438 g/mol. The maximum Gasteiger partial charge on any atom is 0.330 e. The van der Waals surface area contributed by atoms with Gasteiger partial charge in [0.1, 0.15) is 12.4 Å². The zero-order chi connectivity index (χ0) is 23.2. The Balaban J connectivity index is 3.07. The van der Waals surface area contributed by atoms with Crippen LogP contribution in [0.3, 0.4) is 0 Å². The Morgan fingerprint density at radius 3 is 2.13 bits per heavy atom. The zero-order valence-electron chi connectivity index (χ0n) is 20.1. The van der Waals surface area contributed by atoms with Gasteiger partial charge in [0.15, 0.2) is 5.78 Å². The lowest BCUT2D eigenvalue weighted by Crippen LogP contribution is -2.18. The second kappa shape index (κ2) is 10.7. The van der Waals surface area contributed by atoms with Crippen LogP contribution in [0.5, 0.6) is 5.75 Å². The van der Waals surface area contributed by atoms with Crippen LogP contribution in [-0.4, -0.2) is 32.3 Å². The van der Waals surface area contributed by atoms with Crippen molar-refractivity contribution in [2.75, 3.05) is 26.5 Å². The highest BCUT2D eigenvalue weighted by Crippen LogP contribution is 2.47. The molecule has 170 valence electrons. The van der Waals surface area contributed by atoms with Crippen LogP contribution in [0.2, 0.25) is 0 Å². The number of ketones is 1. The molecule has 0 aromatic heterocycles. The van der Waals surface area contributed by atoms with Gasteiger partial charge >= 0.3 is 7.60 Å². The van der Waals surface area contributed by atoms with E-state index in [-0.39, 0.29) is 36.0 Å². The number of carbonyl (C=O) groups excluding carboxylic acids is 1. The summed E-state index contributed by atoms with van der Waals surface area (Å²) in [4.78, 5) is 12.2. The molecule has 0 saturated heterocycles. The van der Waals surface area contributed by atoms with E-state index in [1.165, 1.54) is 11.6 Å². The van der Waals surface area contributed by atoms with Crippen LogP contribution in [0.15, 0.2) is 24.3 Å². The fourth-order valence-corrected chi connectivity index (χ4v) is 4.17. The van der Waals surface area contributed by atoms with Crippen LogP contribution >= 0.6 is 7.60 Å². The molecule has 30 heavy (non-hydrogen) atoms. The number of rotatable bonds is 10. The molecule has 0 aliphatic heterocycles. The minimum absolute atomic E-state index is 0.00498. The van der Waals surface area contributed by atoms with Gasteiger partial charge in [0.25, 0.3) is 0 Å². The molecule has 1 aromatic rings. The Hall–Kier alpha value is -1.42. The number of hydrogen-bond donors (Lipinski definition) is 0. The summed E-state index contributed by atoms with van der Waals surface area (Å²) in [6.45, 7) is 16.6. The topological polar surface area (TPSA) is 61.8 Å². The number of hydrogen-bond acceptors (Lipinski definition) is 5. The molecule has 0 aliphatic carbocycles. The summed E-state index contributed by atoms with van der Waals surface area (Å²) in [5.41, 5.74) is 3.33. The van der Waals surface area contributed by atoms with E-state index in [2.05, 4.69) is 53.7 Å². The SMILES string of the molecule is CCOP(=O)(CC)OCC(=O)C=CCc1cc(C(C)(C)C)cc(C(C)(C)C)c1OC.